The Bertz CT molecular complexity index is 766. The number of hydrogen-bond acceptors (Lipinski definition) is 6. The van der Waals surface area contributed by atoms with Crippen LogP contribution in [0.25, 0.3) is 0 Å². The molecule has 1 N–H and O–H groups in total. The number of carboxylic acid groups (broad SMARTS) is 1. The van der Waals surface area contributed by atoms with Crippen molar-refractivity contribution in [1.82, 2.24) is 10.1 Å². The van der Waals surface area contributed by atoms with E-state index in [4.69, 9.17) is 9.63 Å². The molecule has 0 saturated heterocycles. The number of carbonyl (C=O) groups excluding carboxylic acids is 1. The van der Waals surface area contributed by atoms with Crippen molar-refractivity contribution in [2.75, 3.05) is 7.05 Å². The predicted molar refractivity (Wildman–Crippen MR) is 81.7 cm³/mol. The van der Waals surface area contributed by atoms with Crippen LogP contribution in [-0.4, -0.2) is 39.0 Å². The topological polar surface area (TPSA) is 127 Å². The van der Waals surface area contributed by atoms with Crippen LogP contribution in [0.15, 0.2) is 29.0 Å². The van der Waals surface area contributed by atoms with Crippen LogP contribution in [0, 0.1) is 10.1 Å². The second-order valence-corrected chi connectivity index (χ2v) is 5.13. The van der Waals surface area contributed by atoms with Crippen molar-refractivity contribution in [2.24, 2.45) is 0 Å². The van der Waals surface area contributed by atoms with Gasteiger partial charge >= 0.3 is 5.97 Å². The van der Waals surface area contributed by atoms with Crippen LogP contribution in [0.5, 0.6) is 0 Å². The minimum atomic E-state index is -1.34. The summed E-state index contributed by atoms with van der Waals surface area (Å²) in [7, 11) is 1.51. The fraction of sp³-hybridized carbons (Fsp3) is 0.267. The molecule has 0 spiro atoms. The maximum Gasteiger partial charge on any atom is 0.335 e. The summed E-state index contributed by atoms with van der Waals surface area (Å²) in [4.78, 5) is 35.1. The van der Waals surface area contributed by atoms with Gasteiger partial charge in [-0.3, -0.25) is 14.9 Å². The third-order valence-electron chi connectivity index (χ3n) is 3.44. The van der Waals surface area contributed by atoms with E-state index in [-0.39, 0.29) is 17.7 Å². The van der Waals surface area contributed by atoms with E-state index in [2.05, 4.69) is 5.16 Å². The van der Waals surface area contributed by atoms with E-state index in [0.717, 1.165) is 23.8 Å². The molecule has 2 aromatic rings. The van der Waals surface area contributed by atoms with Crippen LogP contribution < -0.4 is 0 Å². The van der Waals surface area contributed by atoms with Crippen LogP contribution in [0.2, 0.25) is 0 Å². The van der Waals surface area contributed by atoms with E-state index in [9.17, 15) is 19.7 Å². The minimum Gasteiger partial charge on any atom is -0.478 e. The number of amides is 1. The molecule has 1 heterocycles. The number of nitro benzene ring substituents is 1. The molecule has 0 atom stereocenters. The molecule has 0 saturated carbocycles. The number of carbonyl (C=O) groups is 2. The zero-order valence-corrected chi connectivity index (χ0v) is 13.1. The summed E-state index contributed by atoms with van der Waals surface area (Å²) in [5.41, 5.74) is 0.585. The van der Waals surface area contributed by atoms with Crippen LogP contribution in [-0.2, 0) is 13.0 Å². The largest absolute Gasteiger partial charge is 0.478 e. The van der Waals surface area contributed by atoms with Crippen molar-refractivity contribution in [3.63, 3.8) is 0 Å². The zero-order chi connectivity index (χ0) is 17.9. The zero-order valence-electron chi connectivity index (χ0n) is 13.1. The Morgan fingerprint density at radius 2 is 2.00 bits per heavy atom. The lowest BCUT2D eigenvalue weighted by atomic mass is 10.1. The van der Waals surface area contributed by atoms with Gasteiger partial charge in [-0.15, -0.1) is 0 Å². The van der Waals surface area contributed by atoms with Crippen molar-refractivity contribution in [1.29, 1.82) is 0 Å². The summed E-state index contributed by atoms with van der Waals surface area (Å²) in [6.45, 7) is 2.08. The first-order valence-electron chi connectivity index (χ1n) is 7.03. The average Bonchev–Trinajstić information content (AvgIpc) is 3.00. The van der Waals surface area contributed by atoms with Gasteiger partial charge in [0.2, 0.25) is 0 Å². The van der Waals surface area contributed by atoms with Crippen LogP contribution in [0.4, 0.5) is 5.69 Å². The Kier molecular flexibility index (Phi) is 4.93. The summed E-state index contributed by atoms with van der Waals surface area (Å²) in [5, 5.41) is 23.8. The Labute approximate surface area is 136 Å². The molecule has 1 aromatic heterocycles. The molecular weight excluding hydrogens is 318 g/mol. The molecule has 1 aromatic carbocycles. The lowest BCUT2D eigenvalue weighted by molar-refractivity contribution is -0.384. The molecule has 0 fully saturated rings. The van der Waals surface area contributed by atoms with Gasteiger partial charge in [0.15, 0.2) is 0 Å². The Balaban J connectivity index is 2.31. The number of aromatic nitrogens is 1. The fourth-order valence-electron chi connectivity index (χ4n) is 2.21. The van der Waals surface area contributed by atoms with Gasteiger partial charge in [0, 0.05) is 30.3 Å². The van der Waals surface area contributed by atoms with Gasteiger partial charge in [0.1, 0.15) is 6.26 Å². The van der Waals surface area contributed by atoms with E-state index in [1.807, 2.05) is 6.92 Å². The molecule has 9 heteroatoms. The van der Waals surface area contributed by atoms with Crippen molar-refractivity contribution < 1.29 is 24.1 Å². The monoisotopic (exact) mass is 333 g/mol. The number of rotatable bonds is 6. The molecule has 24 heavy (non-hydrogen) atoms. The highest BCUT2D eigenvalue weighted by molar-refractivity contribution is 5.98. The summed E-state index contributed by atoms with van der Waals surface area (Å²) in [6, 6.07) is 3.08. The van der Waals surface area contributed by atoms with Gasteiger partial charge in [-0.2, -0.15) is 0 Å². The molecule has 9 nitrogen and oxygen atoms in total. The summed E-state index contributed by atoms with van der Waals surface area (Å²) in [5.74, 6) is -1.88. The maximum absolute atomic E-state index is 12.5. The lowest BCUT2D eigenvalue weighted by Gasteiger charge is -2.17. The number of aryl methyl sites for hydroxylation is 1. The third kappa shape index (κ3) is 3.57. The van der Waals surface area contributed by atoms with Crippen LogP contribution >= 0.6 is 0 Å². The van der Waals surface area contributed by atoms with Crippen molar-refractivity contribution in [3.05, 3.63) is 57.0 Å². The normalized spacial score (nSPS) is 10.4. The Morgan fingerprint density at radius 1 is 1.33 bits per heavy atom. The molecular formula is C15H15N3O6. The van der Waals surface area contributed by atoms with E-state index >= 15 is 0 Å². The van der Waals surface area contributed by atoms with E-state index in [1.54, 1.807) is 0 Å². The average molecular weight is 333 g/mol. The standard InChI is InChI=1S/C15H15N3O6/c1-3-13-11(8-24-16-13)7-17(2)14(19)9-4-10(15(20)21)6-12(5-9)18(22)23/h4-6,8H,3,7H2,1-2H3,(H,20,21). The van der Waals surface area contributed by atoms with Crippen LogP contribution in [0.3, 0.4) is 0 Å². The quantitative estimate of drug-likeness (QED) is 0.633. The van der Waals surface area contributed by atoms with Gasteiger partial charge in [-0.25, -0.2) is 4.79 Å². The predicted octanol–water partition coefficient (Wildman–Crippen LogP) is 2.12. The van der Waals surface area contributed by atoms with Crippen molar-refractivity contribution in [3.8, 4) is 0 Å². The molecule has 126 valence electrons. The molecule has 2 rings (SSSR count). The molecule has 0 radical (unpaired) electrons. The van der Waals surface area contributed by atoms with Gasteiger partial charge in [0.25, 0.3) is 11.6 Å². The van der Waals surface area contributed by atoms with Crippen molar-refractivity contribution >= 4 is 17.6 Å². The van der Waals surface area contributed by atoms with Gasteiger partial charge in [-0.05, 0) is 12.5 Å². The van der Waals surface area contributed by atoms with Crippen LogP contribution in [0.1, 0.15) is 38.9 Å². The van der Waals surface area contributed by atoms with Gasteiger partial charge in [-0.1, -0.05) is 12.1 Å². The number of carboxylic acids is 1. The second-order valence-electron chi connectivity index (χ2n) is 5.13. The van der Waals surface area contributed by atoms with E-state index < -0.39 is 22.5 Å². The highest BCUT2D eigenvalue weighted by atomic mass is 16.6. The third-order valence-corrected chi connectivity index (χ3v) is 3.44. The highest BCUT2D eigenvalue weighted by Crippen LogP contribution is 2.20. The number of benzene rings is 1. The van der Waals surface area contributed by atoms with E-state index in [0.29, 0.717) is 12.1 Å². The first-order valence-corrected chi connectivity index (χ1v) is 7.03. The second kappa shape index (κ2) is 6.90. The van der Waals surface area contributed by atoms with Gasteiger partial charge in [0.05, 0.1) is 22.7 Å². The Morgan fingerprint density at radius 3 is 2.58 bits per heavy atom. The molecule has 0 unspecified atom stereocenters. The number of nitro groups is 1. The number of aromatic carboxylic acids is 1. The summed E-state index contributed by atoms with van der Waals surface area (Å²) in [6.07, 6.45) is 2.06. The Hall–Kier alpha value is -3.23. The SMILES string of the molecule is CCc1nocc1CN(C)C(=O)c1cc(C(=O)O)cc([N+](=O)[O-])c1. The summed E-state index contributed by atoms with van der Waals surface area (Å²) >= 11 is 0. The molecule has 1 amide bonds. The van der Waals surface area contributed by atoms with Crippen molar-refractivity contribution in [2.45, 2.75) is 19.9 Å². The smallest absolute Gasteiger partial charge is 0.335 e. The number of non-ortho nitro benzene ring substituents is 1. The maximum atomic E-state index is 12.5. The molecule has 0 aliphatic carbocycles. The molecule has 0 aliphatic rings. The number of nitrogens with zero attached hydrogens (tertiary/aromatic N) is 3. The van der Waals surface area contributed by atoms with E-state index in [1.165, 1.54) is 18.2 Å². The number of hydrogen-bond donors (Lipinski definition) is 1. The van der Waals surface area contributed by atoms with Gasteiger partial charge < -0.3 is 14.5 Å². The molecule has 0 aliphatic heterocycles. The summed E-state index contributed by atoms with van der Waals surface area (Å²) < 4.78 is 4.87. The molecule has 0 bridgehead atoms. The minimum absolute atomic E-state index is 0.0707. The fourth-order valence-corrected chi connectivity index (χ4v) is 2.21. The first kappa shape index (κ1) is 17.1. The first-order chi connectivity index (χ1) is 11.3. The highest BCUT2D eigenvalue weighted by Gasteiger charge is 2.21. The lowest BCUT2D eigenvalue weighted by Crippen LogP contribution is -2.26.